The van der Waals surface area contributed by atoms with Gasteiger partial charge in [-0.3, -0.25) is 0 Å². The van der Waals surface area contributed by atoms with Gasteiger partial charge in [0.25, 0.3) is 0 Å². The van der Waals surface area contributed by atoms with Gasteiger partial charge in [0.05, 0.1) is 22.0 Å². The number of halogens is 1. The van der Waals surface area contributed by atoms with Gasteiger partial charge >= 0.3 is 0 Å². The summed E-state index contributed by atoms with van der Waals surface area (Å²) in [4.78, 5) is 9.79. The number of benzene rings is 1. The maximum absolute atomic E-state index is 10.00. The van der Waals surface area contributed by atoms with E-state index in [2.05, 4.69) is 15.8 Å². The Bertz CT molecular complexity index is 1140. The maximum Gasteiger partial charge on any atom is 0.163 e. The Morgan fingerprint density at radius 2 is 1.97 bits per heavy atom. The van der Waals surface area contributed by atoms with Gasteiger partial charge in [-0.05, 0) is 58.9 Å². The van der Waals surface area contributed by atoms with E-state index < -0.39 is 6.10 Å². The van der Waals surface area contributed by atoms with Crippen molar-refractivity contribution in [1.82, 2.24) is 20.4 Å². The van der Waals surface area contributed by atoms with Crippen LogP contribution in [0.5, 0.6) is 5.75 Å². The summed E-state index contributed by atoms with van der Waals surface area (Å²) in [5, 5.41) is 21.1. The van der Waals surface area contributed by atoms with Crippen LogP contribution in [0.25, 0.3) is 22.6 Å². The van der Waals surface area contributed by atoms with Crippen LogP contribution in [0, 0.1) is 20.8 Å². The fourth-order valence-electron chi connectivity index (χ4n) is 4.13. The summed E-state index contributed by atoms with van der Waals surface area (Å²) in [6.07, 6.45) is 1.17. The van der Waals surface area contributed by atoms with Crippen molar-refractivity contribution in [2.24, 2.45) is 0 Å². The molecule has 0 radical (unpaired) electrons. The fraction of sp³-hybridized carbons (Fsp3) is 0.480. The van der Waals surface area contributed by atoms with E-state index in [0.717, 1.165) is 54.4 Å². The molecule has 1 atom stereocenters. The van der Waals surface area contributed by atoms with Crippen LogP contribution in [-0.4, -0.2) is 65.8 Å². The molecule has 3 N–H and O–H groups in total. The van der Waals surface area contributed by atoms with Gasteiger partial charge in [-0.2, -0.15) is 0 Å². The van der Waals surface area contributed by atoms with Crippen LogP contribution < -0.4 is 15.4 Å². The minimum atomic E-state index is -0.629. The normalized spacial score (nSPS) is 15.3. The van der Waals surface area contributed by atoms with Crippen LogP contribution in [0.4, 0.5) is 5.82 Å². The van der Waals surface area contributed by atoms with E-state index in [1.54, 1.807) is 25.2 Å². The molecule has 1 aromatic carbocycles. The minimum absolute atomic E-state index is 0.150. The van der Waals surface area contributed by atoms with Crippen molar-refractivity contribution in [2.45, 2.75) is 45.8 Å². The van der Waals surface area contributed by atoms with E-state index in [0.29, 0.717) is 34.5 Å². The maximum atomic E-state index is 10.00. The molecule has 1 unspecified atom stereocenters. The van der Waals surface area contributed by atoms with Gasteiger partial charge in [0, 0.05) is 36.9 Å². The van der Waals surface area contributed by atoms with Gasteiger partial charge < -0.3 is 29.7 Å². The summed E-state index contributed by atoms with van der Waals surface area (Å²) in [7, 11) is 1.78. The average Bonchev–Trinajstić information content (AvgIpc) is 3.18. The Morgan fingerprint density at radius 3 is 2.66 bits per heavy atom. The van der Waals surface area contributed by atoms with Crippen molar-refractivity contribution in [3.63, 3.8) is 0 Å². The molecule has 1 fully saturated rings. The van der Waals surface area contributed by atoms with E-state index in [9.17, 15) is 5.11 Å². The highest BCUT2D eigenvalue weighted by atomic mass is 35.5. The fourth-order valence-corrected chi connectivity index (χ4v) is 4.33. The minimum Gasteiger partial charge on any atom is -0.491 e. The summed E-state index contributed by atoms with van der Waals surface area (Å²) >= 11 is 6.60. The van der Waals surface area contributed by atoms with Crippen LogP contribution in [-0.2, 0) is 4.74 Å². The first kappa shape index (κ1) is 25.4. The lowest BCUT2D eigenvalue weighted by atomic mass is 10.0. The monoisotopic (exact) mass is 501 g/mol. The van der Waals surface area contributed by atoms with Gasteiger partial charge in [0.2, 0.25) is 0 Å². The Hall–Kier alpha value is -2.72. The summed E-state index contributed by atoms with van der Waals surface area (Å²) in [5.41, 5.74) is 3.89. The SMILES string of the molecule is CNCC(O)COc1ccc(Cl)c(-c2nc(NC3CCOCC3)c(C)c(-c3c(C)noc3C)n2)c1. The molecule has 1 aliphatic rings. The highest BCUT2D eigenvalue weighted by molar-refractivity contribution is 6.33. The molecule has 188 valence electrons. The van der Waals surface area contributed by atoms with Gasteiger partial charge in [-0.1, -0.05) is 16.8 Å². The standard InChI is InChI=1S/C25H32ClN5O4/c1-14-23(22-15(2)31-35-16(22)3)29-25(30-24(14)28-17-7-9-33-10-8-17)20-11-19(5-6-21(20)26)34-13-18(32)12-27-4/h5-6,11,17-18,27,32H,7-10,12-13H2,1-4H3,(H,28,29,30). The number of anilines is 1. The zero-order chi connectivity index (χ0) is 24.9. The van der Waals surface area contributed by atoms with E-state index in [1.807, 2.05) is 20.8 Å². The number of aromatic nitrogens is 3. The number of rotatable bonds is 9. The number of nitrogens with one attached hydrogen (secondary N) is 2. The highest BCUT2D eigenvalue weighted by Crippen LogP contribution is 2.36. The van der Waals surface area contributed by atoms with Crippen LogP contribution in [0.1, 0.15) is 29.9 Å². The molecule has 0 saturated carbocycles. The molecule has 10 heteroatoms. The number of nitrogens with zero attached hydrogens (tertiary/aromatic N) is 3. The van der Waals surface area contributed by atoms with Crippen LogP contribution in [0.15, 0.2) is 22.7 Å². The summed E-state index contributed by atoms with van der Waals surface area (Å²) in [5.74, 6) is 2.46. The highest BCUT2D eigenvalue weighted by Gasteiger charge is 2.23. The summed E-state index contributed by atoms with van der Waals surface area (Å²) in [6, 6.07) is 5.57. The number of likely N-dealkylation sites (N-methyl/N-ethyl adjacent to an activating group) is 1. The molecule has 1 aliphatic heterocycles. The molecule has 0 amide bonds. The number of ether oxygens (including phenoxy) is 2. The third kappa shape index (κ3) is 5.92. The second-order valence-electron chi connectivity index (χ2n) is 8.76. The van der Waals surface area contributed by atoms with E-state index in [1.165, 1.54) is 0 Å². The topological polar surface area (TPSA) is 115 Å². The predicted molar refractivity (Wildman–Crippen MR) is 135 cm³/mol. The van der Waals surface area contributed by atoms with Crippen molar-refractivity contribution >= 4 is 17.4 Å². The molecule has 3 heterocycles. The smallest absolute Gasteiger partial charge is 0.163 e. The zero-order valence-corrected chi connectivity index (χ0v) is 21.3. The Kier molecular flexibility index (Phi) is 8.22. The van der Waals surface area contributed by atoms with Crippen molar-refractivity contribution in [3.8, 4) is 28.4 Å². The van der Waals surface area contributed by atoms with Crippen molar-refractivity contribution in [2.75, 3.05) is 38.7 Å². The van der Waals surface area contributed by atoms with Gasteiger partial charge in [0.15, 0.2) is 5.82 Å². The van der Waals surface area contributed by atoms with E-state index in [4.69, 9.17) is 35.6 Å². The number of aliphatic hydroxyl groups is 1. The molecule has 9 nitrogen and oxygen atoms in total. The number of hydrogen-bond donors (Lipinski definition) is 3. The molecular weight excluding hydrogens is 470 g/mol. The number of aryl methyl sites for hydroxylation is 2. The van der Waals surface area contributed by atoms with Crippen LogP contribution >= 0.6 is 11.6 Å². The van der Waals surface area contributed by atoms with Crippen molar-refractivity contribution in [1.29, 1.82) is 0 Å². The number of aliphatic hydroxyl groups excluding tert-OH is 1. The largest absolute Gasteiger partial charge is 0.491 e. The molecule has 0 aliphatic carbocycles. The molecule has 3 aromatic rings. The third-order valence-electron chi connectivity index (χ3n) is 6.04. The van der Waals surface area contributed by atoms with Gasteiger partial charge in [-0.15, -0.1) is 0 Å². The van der Waals surface area contributed by atoms with Gasteiger partial charge in [-0.25, -0.2) is 9.97 Å². The van der Waals surface area contributed by atoms with Crippen LogP contribution in [0.3, 0.4) is 0 Å². The predicted octanol–water partition coefficient (Wildman–Crippen LogP) is 3.93. The Labute approximate surface area is 210 Å². The lowest BCUT2D eigenvalue weighted by Gasteiger charge is -2.25. The summed E-state index contributed by atoms with van der Waals surface area (Å²) in [6.45, 7) is 7.79. The molecule has 2 aromatic heterocycles. The molecule has 1 saturated heterocycles. The second-order valence-corrected chi connectivity index (χ2v) is 9.17. The first-order chi connectivity index (χ1) is 16.9. The third-order valence-corrected chi connectivity index (χ3v) is 6.37. The lowest BCUT2D eigenvalue weighted by Crippen LogP contribution is -2.29. The first-order valence-corrected chi connectivity index (χ1v) is 12.2. The molecule has 35 heavy (non-hydrogen) atoms. The quantitative estimate of drug-likeness (QED) is 0.401. The molecule has 4 rings (SSSR count). The van der Waals surface area contributed by atoms with Crippen LogP contribution in [0.2, 0.25) is 5.02 Å². The van der Waals surface area contributed by atoms with Crippen molar-refractivity contribution < 1.29 is 19.1 Å². The average molecular weight is 502 g/mol. The molecule has 0 bridgehead atoms. The Balaban J connectivity index is 1.76. The molecule has 0 spiro atoms. The Morgan fingerprint density at radius 1 is 1.20 bits per heavy atom. The van der Waals surface area contributed by atoms with Crippen molar-refractivity contribution in [3.05, 3.63) is 40.2 Å². The zero-order valence-electron chi connectivity index (χ0n) is 20.5. The lowest BCUT2D eigenvalue weighted by molar-refractivity contribution is 0.0904. The second kappa shape index (κ2) is 11.3. The van der Waals surface area contributed by atoms with E-state index in [-0.39, 0.29) is 12.6 Å². The van der Waals surface area contributed by atoms with E-state index >= 15 is 0 Å². The van der Waals surface area contributed by atoms with Gasteiger partial charge in [0.1, 0.15) is 30.0 Å². The summed E-state index contributed by atoms with van der Waals surface area (Å²) < 4.78 is 16.7. The number of hydrogen-bond acceptors (Lipinski definition) is 9. The molecular formula is C25H32ClN5O4. The first-order valence-electron chi connectivity index (χ1n) is 11.8.